The van der Waals surface area contributed by atoms with Crippen LogP contribution in [0.3, 0.4) is 0 Å². The molecule has 0 rings (SSSR count). The number of aliphatic hydroxyl groups is 1. The smallest absolute Gasteiger partial charge is 0.0620 e. The zero-order valence-corrected chi connectivity index (χ0v) is 10.7. The predicted octanol–water partition coefficient (Wildman–Crippen LogP) is 4.14. The van der Waals surface area contributed by atoms with E-state index in [4.69, 9.17) is 0 Å². The fourth-order valence-electron chi connectivity index (χ4n) is 1.53. The van der Waals surface area contributed by atoms with E-state index in [2.05, 4.69) is 27.7 Å². The maximum atomic E-state index is 10.1. The van der Waals surface area contributed by atoms with Gasteiger partial charge in [-0.25, -0.2) is 0 Å². The molecule has 1 nitrogen and oxygen atoms in total. The minimum absolute atomic E-state index is 0.342. The van der Waals surface area contributed by atoms with E-state index in [0.717, 1.165) is 25.7 Å². The normalized spacial score (nSPS) is 16.7. The van der Waals surface area contributed by atoms with E-state index in [-0.39, 0.29) is 0 Å². The summed E-state index contributed by atoms with van der Waals surface area (Å²) in [4.78, 5) is 0. The van der Waals surface area contributed by atoms with Gasteiger partial charge < -0.3 is 5.11 Å². The van der Waals surface area contributed by atoms with Crippen LogP contribution in [0.25, 0.3) is 0 Å². The van der Waals surface area contributed by atoms with Crippen molar-refractivity contribution in [2.24, 2.45) is 5.41 Å². The first-order valence-electron chi connectivity index (χ1n) is 5.99. The van der Waals surface area contributed by atoms with E-state index in [0.29, 0.717) is 5.41 Å². The van der Waals surface area contributed by atoms with Gasteiger partial charge in [0.1, 0.15) is 0 Å². The van der Waals surface area contributed by atoms with Gasteiger partial charge in [-0.3, -0.25) is 0 Å². The van der Waals surface area contributed by atoms with Crippen LogP contribution >= 0.6 is 0 Å². The number of hydrogen-bond acceptors (Lipinski definition) is 1. The first kappa shape index (κ1) is 14.0. The third kappa shape index (κ3) is 8.55. The standard InChI is InChI=1S/C13H28O/c1-6-7-8-9-13(5,14)11-10-12(2,3)4/h14H,6-11H2,1-5H3. The summed E-state index contributed by atoms with van der Waals surface area (Å²) >= 11 is 0. The Morgan fingerprint density at radius 2 is 1.43 bits per heavy atom. The molecule has 0 bridgehead atoms. The third-order valence-corrected chi connectivity index (χ3v) is 2.73. The van der Waals surface area contributed by atoms with Gasteiger partial charge in [-0.15, -0.1) is 0 Å². The summed E-state index contributed by atoms with van der Waals surface area (Å²) in [6, 6.07) is 0. The molecule has 0 saturated heterocycles. The van der Waals surface area contributed by atoms with Crippen molar-refractivity contribution >= 4 is 0 Å². The van der Waals surface area contributed by atoms with Crippen molar-refractivity contribution in [3.8, 4) is 0 Å². The van der Waals surface area contributed by atoms with Crippen molar-refractivity contribution in [3.05, 3.63) is 0 Å². The van der Waals surface area contributed by atoms with Gasteiger partial charge >= 0.3 is 0 Å². The van der Waals surface area contributed by atoms with E-state index in [1.54, 1.807) is 0 Å². The molecule has 0 saturated carbocycles. The number of rotatable bonds is 6. The summed E-state index contributed by atoms with van der Waals surface area (Å²) in [5.41, 5.74) is -0.100. The van der Waals surface area contributed by atoms with Crippen LogP contribution in [0.15, 0.2) is 0 Å². The monoisotopic (exact) mass is 200 g/mol. The Morgan fingerprint density at radius 1 is 0.857 bits per heavy atom. The summed E-state index contributed by atoms with van der Waals surface area (Å²) in [6.45, 7) is 10.9. The molecule has 86 valence electrons. The zero-order valence-electron chi connectivity index (χ0n) is 10.7. The molecule has 1 atom stereocenters. The van der Waals surface area contributed by atoms with Crippen LogP contribution in [0.5, 0.6) is 0 Å². The molecule has 0 spiro atoms. The fraction of sp³-hybridized carbons (Fsp3) is 1.00. The highest BCUT2D eigenvalue weighted by Crippen LogP contribution is 2.28. The Hall–Kier alpha value is -0.0400. The number of unbranched alkanes of at least 4 members (excludes halogenated alkanes) is 2. The Morgan fingerprint density at radius 3 is 1.86 bits per heavy atom. The molecule has 0 heterocycles. The lowest BCUT2D eigenvalue weighted by atomic mass is 9.83. The summed E-state index contributed by atoms with van der Waals surface area (Å²) < 4.78 is 0. The molecule has 0 radical (unpaired) electrons. The van der Waals surface area contributed by atoms with Crippen LogP contribution in [0.4, 0.5) is 0 Å². The lowest BCUT2D eigenvalue weighted by Crippen LogP contribution is -2.26. The van der Waals surface area contributed by atoms with Gasteiger partial charge in [0.15, 0.2) is 0 Å². The van der Waals surface area contributed by atoms with Gasteiger partial charge in [-0.2, -0.15) is 0 Å². The van der Waals surface area contributed by atoms with Gasteiger partial charge in [0, 0.05) is 0 Å². The lowest BCUT2D eigenvalue weighted by molar-refractivity contribution is 0.0286. The van der Waals surface area contributed by atoms with Crippen LogP contribution in [0, 0.1) is 5.41 Å². The topological polar surface area (TPSA) is 20.2 Å². The van der Waals surface area contributed by atoms with Gasteiger partial charge in [0.25, 0.3) is 0 Å². The second-order valence-corrected chi connectivity index (χ2v) is 6.01. The molecule has 1 N–H and O–H groups in total. The minimum Gasteiger partial charge on any atom is -0.390 e. The molecular weight excluding hydrogens is 172 g/mol. The van der Waals surface area contributed by atoms with E-state index in [1.807, 2.05) is 6.92 Å². The molecule has 0 amide bonds. The molecule has 1 heteroatoms. The van der Waals surface area contributed by atoms with E-state index in [1.165, 1.54) is 12.8 Å². The first-order chi connectivity index (χ1) is 6.27. The van der Waals surface area contributed by atoms with Crippen LogP contribution in [-0.2, 0) is 0 Å². The first-order valence-corrected chi connectivity index (χ1v) is 5.99. The SMILES string of the molecule is CCCCCC(C)(O)CCC(C)(C)C. The molecule has 0 fully saturated rings. The predicted molar refractivity (Wildman–Crippen MR) is 63.5 cm³/mol. The summed E-state index contributed by atoms with van der Waals surface area (Å²) in [7, 11) is 0. The number of hydrogen-bond donors (Lipinski definition) is 1. The second-order valence-electron chi connectivity index (χ2n) is 6.01. The molecule has 0 aromatic carbocycles. The van der Waals surface area contributed by atoms with E-state index >= 15 is 0 Å². The molecule has 0 aliphatic rings. The van der Waals surface area contributed by atoms with Gasteiger partial charge in [-0.1, -0.05) is 47.0 Å². The molecule has 0 aromatic rings. The largest absolute Gasteiger partial charge is 0.390 e. The Balaban J connectivity index is 3.72. The van der Waals surface area contributed by atoms with E-state index < -0.39 is 5.60 Å². The van der Waals surface area contributed by atoms with Gasteiger partial charge in [-0.05, 0) is 31.6 Å². The van der Waals surface area contributed by atoms with Gasteiger partial charge in [0.05, 0.1) is 5.60 Å². The highest BCUT2D eigenvalue weighted by molar-refractivity contribution is 4.75. The van der Waals surface area contributed by atoms with Crippen molar-refractivity contribution in [2.45, 2.75) is 78.7 Å². The summed E-state index contributed by atoms with van der Waals surface area (Å²) in [5.74, 6) is 0. The molecule has 0 aromatic heterocycles. The second kappa shape index (κ2) is 5.75. The molecule has 1 unspecified atom stereocenters. The van der Waals surface area contributed by atoms with Crippen LogP contribution in [-0.4, -0.2) is 10.7 Å². The molecule has 0 aliphatic carbocycles. The quantitative estimate of drug-likeness (QED) is 0.639. The minimum atomic E-state index is -0.442. The fourth-order valence-corrected chi connectivity index (χ4v) is 1.53. The van der Waals surface area contributed by atoms with Crippen LogP contribution < -0.4 is 0 Å². The summed E-state index contributed by atoms with van der Waals surface area (Å²) in [5, 5.41) is 10.1. The summed E-state index contributed by atoms with van der Waals surface area (Å²) in [6.07, 6.45) is 6.62. The Labute approximate surface area is 89.9 Å². The highest BCUT2D eigenvalue weighted by atomic mass is 16.3. The van der Waals surface area contributed by atoms with E-state index in [9.17, 15) is 5.11 Å². The maximum Gasteiger partial charge on any atom is 0.0620 e. The molecule has 0 aliphatic heterocycles. The third-order valence-electron chi connectivity index (χ3n) is 2.73. The average molecular weight is 200 g/mol. The van der Waals surface area contributed by atoms with Crippen LogP contribution in [0.1, 0.15) is 73.1 Å². The van der Waals surface area contributed by atoms with Crippen molar-refractivity contribution in [2.75, 3.05) is 0 Å². The van der Waals surface area contributed by atoms with Gasteiger partial charge in [0.2, 0.25) is 0 Å². The Kier molecular flexibility index (Phi) is 5.73. The van der Waals surface area contributed by atoms with Crippen LogP contribution in [0.2, 0.25) is 0 Å². The lowest BCUT2D eigenvalue weighted by Gasteiger charge is -2.27. The van der Waals surface area contributed by atoms with Crippen molar-refractivity contribution < 1.29 is 5.11 Å². The highest BCUT2D eigenvalue weighted by Gasteiger charge is 2.22. The maximum absolute atomic E-state index is 10.1. The van der Waals surface area contributed by atoms with Crippen molar-refractivity contribution in [3.63, 3.8) is 0 Å². The average Bonchev–Trinajstić information content (AvgIpc) is 2.00. The molecular formula is C13H28O. The zero-order chi connectivity index (χ0) is 11.2. The van der Waals surface area contributed by atoms with Crippen molar-refractivity contribution in [1.29, 1.82) is 0 Å². The Bertz CT molecular complexity index is 142. The van der Waals surface area contributed by atoms with Crippen molar-refractivity contribution in [1.82, 2.24) is 0 Å². The molecule has 14 heavy (non-hydrogen) atoms.